The average Bonchev–Trinajstić information content (AvgIpc) is 3.00. The van der Waals surface area contributed by atoms with Crippen molar-refractivity contribution in [3.05, 3.63) is 35.9 Å². The third kappa shape index (κ3) is 4.49. The largest absolute Gasteiger partial charge is 0.344 e. The molecule has 3 aliphatic rings. The summed E-state index contributed by atoms with van der Waals surface area (Å²) < 4.78 is 0. The number of rotatable bonds is 5. The maximum absolute atomic E-state index is 12.9. The van der Waals surface area contributed by atoms with E-state index in [0.29, 0.717) is 44.7 Å². The van der Waals surface area contributed by atoms with Gasteiger partial charge >= 0.3 is 6.03 Å². The predicted octanol–water partition coefficient (Wildman–Crippen LogP) is 2.11. The number of hydrogen-bond donors (Lipinski definition) is 2. The molecule has 8 nitrogen and oxygen atoms in total. The second kappa shape index (κ2) is 8.78. The molecule has 2 heterocycles. The minimum atomic E-state index is -0.868. The molecule has 1 aliphatic carbocycles. The Hall–Kier alpha value is -2.74. The molecule has 31 heavy (non-hydrogen) atoms. The van der Waals surface area contributed by atoms with E-state index >= 15 is 0 Å². The maximum Gasteiger partial charge on any atom is 0.344 e. The zero-order valence-electron chi connectivity index (χ0n) is 17.9. The number of piperidine rings is 1. The van der Waals surface area contributed by atoms with Gasteiger partial charge in [-0.25, -0.2) is 4.79 Å². The van der Waals surface area contributed by atoms with Crippen molar-refractivity contribution in [2.24, 2.45) is 11.8 Å². The van der Waals surface area contributed by atoms with Gasteiger partial charge < -0.3 is 5.32 Å². The minimum absolute atomic E-state index is 0.0406. The Morgan fingerprint density at radius 1 is 1.06 bits per heavy atom. The molecule has 0 aromatic heterocycles. The van der Waals surface area contributed by atoms with Crippen LogP contribution in [0.5, 0.6) is 0 Å². The van der Waals surface area contributed by atoms with E-state index in [1.165, 1.54) is 0 Å². The lowest BCUT2D eigenvalue weighted by molar-refractivity contribution is -0.140. The fourth-order valence-corrected chi connectivity index (χ4v) is 4.87. The van der Waals surface area contributed by atoms with Crippen LogP contribution in [0.3, 0.4) is 0 Å². The summed E-state index contributed by atoms with van der Waals surface area (Å²) in [4.78, 5) is 52.3. The molecule has 0 bridgehead atoms. The highest BCUT2D eigenvalue weighted by Crippen LogP contribution is 2.35. The lowest BCUT2D eigenvalue weighted by atomic mass is 9.77. The van der Waals surface area contributed by atoms with Gasteiger partial charge in [-0.05, 0) is 57.5 Å². The van der Waals surface area contributed by atoms with E-state index in [4.69, 9.17) is 0 Å². The van der Waals surface area contributed by atoms with E-state index in [1.807, 2.05) is 35.2 Å². The lowest BCUT2D eigenvalue weighted by Gasteiger charge is -2.33. The van der Waals surface area contributed by atoms with Crippen LogP contribution in [-0.2, 0) is 9.59 Å². The van der Waals surface area contributed by atoms with Gasteiger partial charge in [0.05, 0.1) is 6.54 Å². The van der Waals surface area contributed by atoms with Crippen LogP contribution in [0.4, 0.5) is 4.79 Å². The Kier molecular flexibility index (Phi) is 6.09. The molecule has 8 heteroatoms. The Bertz CT molecular complexity index is 856. The minimum Gasteiger partial charge on any atom is -0.322 e. The van der Waals surface area contributed by atoms with Gasteiger partial charge in [0.15, 0.2) is 5.78 Å². The van der Waals surface area contributed by atoms with Crippen LogP contribution < -0.4 is 10.7 Å². The standard InChI is InChI=1S/C23H30N4O4/c1-16-7-11-23(12-8-16)21(30)27(22(31)24-23)25-19(28)15-26-13-9-18(10-14-26)20(29)17-5-3-2-4-6-17/h2-6,16,18H,7-15H2,1H3,(H,24,31)(H,25,28). The molecule has 2 aliphatic heterocycles. The van der Waals surface area contributed by atoms with Crippen molar-refractivity contribution in [3.8, 4) is 0 Å². The number of ketones is 1. The van der Waals surface area contributed by atoms with Crippen LogP contribution in [0.1, 0.15) is 55.8 Å². The molecule has 2 N–H and O–H groups in total. The van der Waals surface area contributed by atoms with Crippen LogP contribution in [-0.4, -0.2) is 58.7 Å². The van der Waals surface area contributed by atoms with Gasteiger partial charge in [-0.3, -0.25) is 24.7 Å². The molecule has 166 valence electrons. The summed E-state index contributed by atoms with van der Waals surface area (Å²) in [5.41, 5.74) is 2.35. The number of nitrogens with one attached hydrogen (secondary N) is 2. The van der Waals surface area contributed by atoms with Crippen molar-refractivity contribution in [2.75, 3.05) is 19.6 Å². The summed E-state index contributed by atoms with van der Waals surface area (Å²) in [5.74, 6) is -0.101. The maximum atomic E-state index is 12.9. The van der Waals surface area contributed by atoms with Gasteiger partial charge in [-0.15, -0.1) is 0 Å². The van der Waals surface area contributed by atoms with Crippen LogP contribution in [0.15, 0.2) is 30.3 Å². The normalized spacial score (nSPS) is 27.4. The van der Waals surface area contributed by atoms with Crippen molar-refractivity contribution in [3.63, 3.8) is 0 Å². The third-order valence-electron chi connectivity index (χ3n) is 6.91. The Labute approximate surface area is 182 Å². The third-order valence-corrected chi connectivity index (χ3v) is 6.91. The molecule has 0 unspecified atom stereocenters. The monoisotopic (exact) mass is 426 g/mol. The molecule has 4 rings (SSSR count). The number of likely N-dealkylation sites (tertiary alicyclic amines) is 1. The fraction of sp³-hybridized carbons (Fsp3) is 0.565. The van der Waals surface area contributed by atoms with E-state index in [1.54, 1.807) is 0 Å². The Morgan fingerprint density at radius 2 is 1.71 bits per heavy atom. The first kappa shape index (κ1) is 21.5. The summed E-state index contributed by atoms with van der Waals surface area (Å²) in [7, 11) is 0. The van der Waals surface area contributed by atoms with Crippen molar-refractivity contribution in [1.29, 1.82) is 0 Å². The lowest BCUT2D eigenvalue weighted by Crippen LogP contribution is -2.53. The van der Waals surface area contributed by atoms with Crippen molar-refractivity contribution < 1.29 is 19.2 Å². The van der Waals surface area contributed by atoms with Gasteiger partial charge in [-0.1, -0.05) is 37.3 Å². The zero-order valence-corrected chi connectivity index (χ0v) is 17.9. The number of nitrogens with zero attached hydrogens (tertiary/aromatic N) is 2. The molecule has 3 fully saturated rings. The molecule has 0 atom stereocenters. The number of carbonyl (C=O) groups excluding carboxylic acids is 4. The number of urea groups is 1. The number of Topliss-reactive ketones (excluding diaryl/α,β-unsaturated/α-hetero) is 1. The van der Waals surface area contributed by atoms with E-state index in [2.05, 4.69) is 17.7 Å². The first-order valence-electron chi connectivity index (χ1n) is 11.2. The van der Waals surface area contributed by atoms with E-state index in [0.717, 1.165) is 23.4 Å². The summed E-state index contributed by atoms with van der Waals surface area (Å²) in [6.45, 7) is 3.48. The highest BCUT2D eigenvalue weighted by atomic mass is 16.2. The van der Waals surface area contributed by atoms with Crippen LogP contribution >= 0.6 is 0 Å². The van der Waals surface area contributed by atoms with Gasteiger partial charge in [0.1, 0.15) is 5.54 Å². The molecule has 1 spiro atoms. The number of hydrazine groups is 1. The number of carbonyl (C=O) groups is 4. The van der Waals surface area contributed by atoms with Crippen molar-refractivity contribution >= 4 is 23.6 Å². The Balaban J connectivity index is 1.27. The van der Waals surface area contributed by atoms with E-state index in [-0.39, 0.29) is 24.2 Å². The highest BCUT2D eigenvalue weighted by Gasteiger charge is 2.52. The first-order valence-corrected chi connectivity index (χ1v) is 11.2. The molecule has 1 saturated carbocycles. The molecular formula is C23H30N4O4. The van der Waals surface area contributed by atoms with Crippen LogP contribution in [0, 0.1) is 11.8 Å². The zero-order chi connectivity index (χ0) is 22.0. The predicted molar refractivity (Wildman–Crippen MR) is 114 cm³/mol. The summed E-state index contributed by atoms with van der Waals surface area (Å²) in [6, 6.07) is 8.72. The Morgan fingerprint density at radius 3 is 2.35 bits per heavy atom. The smallest absolute Gasteiger partial charge is 0.322 e. The van der Waals surface area contributed by atoms with E-state index < -0.39 is 17.5 Å². The van der Waals surface area contributed by atoms with Crippen LogP contribution in [0.2, 0.25) is 0 Å². The summed E-state index contributed by atoms with van der Waals surface area (Å²) in [6.07, 6.45) is 4.34. The summed E-state index contributed by atoms with van der Waals surface area (Å²) >= 11 is 0. The van der Waals surface area contributed by atoms with Gasteiger partial charge in [0, 0.05) is 11.5 Å². The molecule has 1 aromatic rings. The first-order chi connectivity index (χ1) is 14.9. The average molecular weight is 427 g/mol. The van der Waals surface area contributed by atoms with E-state index in [9.17, 15) is 19.2 Å². The van der Waals surface area contributed by atoms with Crippen molar-refractivity contribution in [2.45, 2.75) is 51.0 Å². The molecule has 2 saturated heterocycles. The van der Waals surface area contributed by atoms with Crippen LogP contribution in [0.25, 0.3) is 0 Å². The molecule has 0 radical (unpaired) electrons. The van der Waals surface area contributed by atoms with Gasteiger partial charge in [0.2, 0.25) is 0 Å². The van der Waals surface area contributed by atoms with Gasteiger partial charge in [0.25, 0.3) is 11.8 Å². The van der Waals surface area contributed by atoms with Gasteiger partial charge in [-0.2, -0.15) is 5.01 Å². The molecular weight excluding hydrogens is 396 g/mol. The molecule has 1 aromatic carbocycles. The second-order valence-electron chi connectivity index (χ2n) is 9.15. The number of amides is 4. The SMILES string of the molecule is CC1CCC2(CC1)NC(=O)N(NC(=O)CN1CCC(C(=O)c3ccccc3)CC1)C2=O. The quantitative estimate of drug-likeness (QED) is 0.555. The number of hydrogen-bond acceptors (Lipinski definition) is 5. The highest BCUT2D eigenvalue weighted by molar-refractivity contribution is 6.08. The van der Waals surface area contributed by atoms with Crippen molar-refractivity contribution in [1.82, 2.24) is 20.7 Å². The molecule has 4 amide bonds. The number of imide groups is 1. The summed E-state index contributed by atoms with van der Waals surface area (Å²) in [5, 5.41) is 3.66. The topological polar surface area (TPSA) is 98.8 Å². The fourth-order valence-electron chi connectivity index (χ4n) is 4.87. The second-order valence-corrected chi connectivity index (χ2v) is 9.15. The number of benzene rings is 1.